The third kappa shape index (κ3) is 3.48. The van der Waals surface area contributed by atoms with Gasteiger partial charge in [0.2, 0.25) is 0 Å². The molecule has 0 aliphatic rings. The molecule has 0 aliphatic heterocycles. The fourth-order valence-corrected chi connectivity index (χ4v) is 7.12. The van der Waals surface area contributed by atoms with Gasteiger partial charge in [-0.05, 0) is 0 Å². The zero-order valence-electron chi connectivity index (χ0n) is 7.89. The van der Waals surface area contributed by atoms with Crippen molar-refractivity contribution in [2.75, 3.05) is 0 Å². The minimum atomic E-state index is -0.127. The summed E-state index contributed by atoms with van der Waals surface area (Å²) in [4.78, 5) is 0. The summed E-state index contributed by atoms with van der Waals surface area (Å²) in [5, 5.41) is 0. The van der Waals surface area contributed by atoms with Gasteiger partial charge >= 0.3 is 100.0 Å². The maximum absolute atomic E-state index is 12.9. The van der Waals surface area contributed by atoms with Gasteiger partial charge in [-0.1, -0.05) is 0 Å². The SMILES string of the molecule is Fc1cccc([Se][Se]c2ccccc2)c1. The van der Waals surface area contributed by atoms with Crippen LogP contribution >= 0.6 is 0 Å². The average molecular weight is 330 g/mol. The second kappa shape index (κ2) is 5.48. The Morgan fingerprint density at radius 3 is 2.13 bits per heavy atom. The second-order valence-electron chi connectivity index (χ2n) is 2.94. The maximum atomic E-state index is 12.9. The van der Waals surface area contributed by atoms with Gasteiger partial charge in [-0.2, -0.15) is 0 Å². The van der Waals surface area contributed by atoms with Gasteiger partial charge in [0.1, 0.15) is 0 Å². The molecule has 3 heteroatoms. The van der Waals surface area contributed by atoms with E-state index in [4.69, 9.17) is 0 Å². The van der Waals surface area contributed by atoms with Crippen molar-refractivity contribution in [1.29, 1.82) is 0 Å². The quantitative estimate of drug-likeness (QED) is 0.740. The molecular formula is C12H9FSe2. The van der Waals surface area contributed by atoms with Crippen LogP contribution in [0.4, 0.5) is 4.39 Å². The van der Waals surface area contributed by atoms with Gasteiger partial charge in [0.15, 0.2) is 0 Å². The molecule has 2 aromatic rings. The van der Waals surface area contributed by atoms with Gasteiger partial charge in [0.25, 0.3) is 0 Å². The van der Waals surface area contributed by atoms with E-state index in [-0.39, 0.29) is 5.82 Å². The predicted octanol–water partition coefficient (Wildman–Crippen LogP) is 1.10. The van der Waals surface area contributed by atoms with Crippen LogP contribution in [0.25, 0.3) is 0 Å². The monoisotopic (exact) mass is 332 g/mol. The summed E-state index contributed by atoms with van der Waals surface area (Å²) >= 11 is 0.846. The molecule has 2 aromatic carbocycles. The van der Waals surface area contributed by atoms with E-state index in [2.05, 4.69) is 24.3 Å². The summed E-state index contributed by atoms with van der Waals surface area (Å²) in [5.41, 5.74) is 0. The Morgan fingerprint density at radius 1 is 0.733 bits per heavy atom. The van der Waals surface area contributed by atoms with Crippen LogP contribution < -0.4 is 8.92 Å². The third-order valence-electron chi connectivity index (χ3n) is 1.77. The summed E-state index contributed by atoms with van der Waals surface area (Å²) in [5.74, 6) is -0.127. The molecule has 0 atom stereocenters. The molecule has 0 aliphatic carbocycles. The number of hydrogen-bond donors (Lipinski definition) is 0. The fraction of sp³-hybridized carbons (Fsp3) is 0. The molecule has 0 N–H and O–H groups in total. The van der Waals surface area contributed by atoms with Crippen molar-refractivity contribution in [2.45, 2.75) is 0 Å². The van der Waals surface area contributed by atoms with Gasteiger partial charge in [-0.25, -0.2) is 0 Å². The zero-order chi connectivity index (χ0) is 10.5. The number of hydrogen-bond acceptors (Lipinski definition) is 0. The Hall–Kier alpha value is -0.591. The van der Waals surface area contributed by atoms with Crippen LogP contribution in [0.3, 0.4) is 0 Å². The van der Waals surface area contributed by atoms with Crippen LogP contribution in [0.2, 0.25) is 0 Å². The van der Waals surface area contributed by atoms with E-state index in [0.29, 0.717) is 26.3 Å². The molecule has 0 saturated carbocycles. The van der Waals surface area contributed by atoms with Crippen LogP contribution in [0.1, 0.15) is 0 Å². The normalized spacial score (nSPS) is 10.2. The topological polar surface area (TPSA) is 0 Å². The van der Waals surface area contributed by atoms with E-state index in [1.807, 2.05) is 12.1 Å². The number of rotatable bonds is 3. The molecule has 0 amide bonds. The van der Waals surface area contributed by atoms with Crippen molar-refractivity contribution in [3.8, 4) is 0 Å². The van der Waals surface area contributed by atoms with Crippen LogP contribution in [-0.2, 0) is 0 Å². The summed E-state index contributed by atoms with van der Waals surface area (Å²) < 4.78 is 15.4. The first-order valence-corrected chi connectivity index (χ1v) is 10.5. The van der Waals surface area contributed by atoms with E-state index in [9.17, 15) is 4.39 Å². The van der Waals surface area contributed by atoms with Gasteiger partial charge < -0.3 is 0 Å². The molecule has 15 heavy (non-hydrogen) atoms. The Balaban J connectivity index is 1.99. The summed E-state index contributed by atoms with van der Waals surface area (Å²) in [6.45, 7) is 0. The molecule has 0 nitrogen and oxygen atoms in total. The van der Waals surface area contributed by atoms with Crippen molar-refractivity contribution >= 4 is 35.2 Å². The van der Waals surface area contributed by atoms with Crippen LogP contribution in [0, 0.1) is 5.82 Å². The molecular weight excluding hydrogens is 321 g/mol. The van der Waals surface area contributed by atoms with Gasteiger partial charge in [0, 0.05) is 0 Å². The average Bonchev–Trinajstić information content (AvgIpc) is 2.28. The van der Waals surface area contributed by atoms with Crippen molar-refractivity contribution in [3.05, 3.63) is 60.4 Å². The van der Waals surface area contributed by atoms with Crippen molar-refractivity contribution in [3.63, 3.8) is 0 Å². The first kappa shape index (κ1) is 10.9. The number of benzene rings is 2. The van der Waals surface area contributed by atoms with Crippen LogP contribution in [0.15, 0.2) is 54.6 Å². The van der Waals surface area contributed by atoms with Gasteiger partial charge in [-0.3, -0.25) is 0 Å². The fourth-order valence-electron chi connectivity index (χ4n) is 1.09. The third-order valence-corrected chi connectivity index (χ3v) is 8.96. The molecule has 0 bridgehead atoms. The first-order valence-electron chi connectivity index (χ1n) is 4.50. The van der Waals surface area contributed by atoms with E-state index in [1.165, 1.54) is 10.5 Å². The van der Waals surface area contributed by atoms with E-state index in [0.717, 1.165) is 4.46 Å². The molecule has 0 aromatic heterocycles. The Bertz CT molecular complexity index is 429. The molecule has 0 radical (unpaired) electrons. The first-order chi connectivity index (χ1) is 7.34. The number of halogens is 1. The van der Waals surface area contributed by atoms with Gasteiger partial charge in [-0.15, -0.1) is 0 Å². The van der Waals surface area contributed by atoms with E-state index in [1.54, 1.807) is 12.1 Å². The van der Waals surface area contributed by atoms with E-state index >= 15 is 0 Å². The Labute approximate surface area is 99.8 Å². The predicted molar refractivity (Wildman–Crippen MR) is 63.6 cm³/mol. The van der Waals surface area contributed by atoms with Crippen molar-refractivity contribution < 1.29 is 4.39 Å². The molecule has 0 heterocycles. The van der Waals surface area contributed by atoms with Gasteiger partial charge in [0.05, 0.1) is 0 Å². The second-order valence-corrected chi connectivity index (χ2v) is 9.25. The van der Waals surface area contributed by atoms with E-state index < -0.39 is 0 Å². The van der Waals surface area contributed by atoms with Crippen molar-refractivity contribution in [2.24, 2.45) is 0 Å². The molecule has 0 fully saturated rings. The summed E-state index contributed by atoms with van der Waals surface area (Å²) in [7, 11) is 0. The molecule has 76 valence electrons. The minimum absolute atomic E-state index is 0.127. The Morgan fingerprint density at radius 2 is 1.40 bits per heavy atom. The molecule has 0 spiro atoms. The standard InChI is InChI=1S/C12H9FSe2/c13-10-5-4-8-12(9-10)15-14-11-6-2-1-3-7-11/h1-9H. The Kier molecular flexibility index (Phi) is 3.99. The summed E-state index contributed by atoms with van der Waals surface area (Å²) in [6.07, 6.45) is 0. The zero-order valence-corrected chi connectivity index (χ0v) is 11.3. The van der Waals surface area contributed by atoms with Crippen molar-refractivity contribution in [1.82, 2.24) is 0 Å². The molecule has 0 unspecified atom stereocenters. The summed E-state index contributed by atoms with van der Waals surface area (Å²) in [6, 6.07) is 17.3. The van der Waals surface area contributed by atoms with Crippen LogP contribution in [0.5, 0.6) is 0 Å². The molecule has 0 saturated heterocycles. The molecule has 2 rings (SSSR count). The van der Waals surface area contributed by atoms with Crippen LogP contribution in [-0.4, -0.2) is 26.3 Å².